The summed E-state index contributed by atoms with van der Waals surface area (Å²) >= 11 is 0. The van der Waals surface area contributed by atoms with Crippen molar-refractivity contribution in [2.24, 2.45) is 0 Å². The van der Waals surface area contributed by atoms with E-state index in [2.05, 4.69) is 0 Å². The summed E-state index contributed by atoms with van der Waals surface area (Å²) < 4.78 is 39.1. The van der Waals surface area contributed by atoms with E-state index < -0.39 is 10.2 Å². The monoisotopic (exact) mass is 246 g/mol. The summed E-state index contributed by atoms with van der Waals surface area (Å²) in [6, 6.07) is 8.88. The van der Waals surface area contributed by atoms with Gasteiger partial charge in [-0.3, -0.25) is 4.79 Å². The Balaban J connectivity index is 0.000000221. The van der Waals surface area contributed by atoms with E-state index in [1.54, 1.807) is 0 Å². The largest absolute Gasteiger partial charge is 0.464 e. The normalized spacial score (nSPS) is 10.8. The van der Waals surface area contributed by atoms with Crippen LogP contribution in [0.25, 0.3) is 11.0 Å². The molecule has 1 aromatic carbocycles. The molecule has 2 rings (SSSR count). The highest BCUT2D eigenvalue weighted by atomic mass is 35.7. The van der Waals surface area contributed by atoms with Crippen LogP contribution in [0.5, 0.6) is 0 Å². The zero-order chi connectivity index (χ0) is 12.2. The molecular weight excluding hydrogens is 240 g/mol. The maximum atomic E-state index is 9.31. The van der Waals surface area contributed by atoms with Crippen molar-refractivity contribution in [1.82, 2.24) is 0 Å². The fourth-order valence-corrected chi connectivity index (χ4v) is 1.04. The van der Waals surface area contributed by atoms with E-state index in [0.29, 0.717) is 5.58 Å². The molecule has 1 aromatic heterocycles. The molecule has 0 fully saturated rings. The van der Waals surface area contributed by atoms with E-state index in [0.717, 1.165) is 5.39 Å². The van der Waals surface area contributed by atoms with Crippen molar-refractivity contribution in [2.45, 2.75) is 0 Å². The van der Waals surface area contributed by atoms with Crippen LogP contribution in [0.4, 0.5) is 0 Å². The van der Waals surface area contributed by atoms with Crippen LogP contribution in [-0.4, -0.2) is 4.79 Å². The third kappa shape index (κ3) is 4.39. The molecule has 1 heterocycles. The lowest BCUT2D eigenvalue weighted by Crippen LogP contribution is -2.68. The fraction of sp³-hybridized carbons (Fsp3) is 0. The third-order valence-electron chi connectivity index (χ3n) is 1.58. The van der Waals surface area contributed by atoms with Crippen molar-refractivity contribution in [3.8, 4) is 0 Å². The lowest BCUT2D eigenvalue weighted by Gasteiger charge is -2.17. The van der Waals surface area contributed by atoms with Gasteiger partial charge in [-0.25, -0.2) is 18.6 Å². The standard InChI is InChI=1S/C9H6O2.ClHO4/c10-8-5-6-11-9-4-2-1-3-7(8)9;2-1(3,4)5/h1-6H;(H,2,3,4,5). The number of fused-ring (bicyclic) bond motifs is 1. The Bertz CT molecular complexity index is 504. The first kappa shape index (κ1) is 12.6. The van der Waals surface area contributed by atoms with E-state index in [9.17, 15) is 4.79 Å². The molecule has 0 aliphatic rings. The van der Waals surface area contributed by atoms with Crippen LogP contribution in [0.3, 0.4) is 0 Å². The molecule has 0 saturated carbocycles. The highest BCUT2D eigenvalue weighted by Gasteiger charge is 2.00. The van der Waals surface area contributed by atoms with Crippen LogP contribution in [0.2, 0.25) is 0 Å². The minimum atomic E-state index is -4.94. The van der Waals surface area contributed by atoms with Crippen molar-refractivity contribution in [3.63, 3.8) is 0 Å². The smallest absolute Gasteiger partial charge is 0.354 e. The van der Waals surface area contributed by atoms with Gasteiger partial charge in [0.2, 0.25) is 0 Å². The molecule has 86 valence electrons. The second kappa shape index (κ2) is 5.06. The van der Waals surface area contributed by atoms with Gasteiger partial charge in [-0.05, 0) is 12.1 Å². The highest BCUT2D eigenvalue weighted by molar-refractivity contribution is 5.74. The summed E-state index contributed by atoms with van der Waals surface area (Å²) in [5.74, 6) is 0. The molecule has 0 bridgehead atoms. The molecular formula is C9H7ClO6. The summed E-state index contributed by atoms with van der Waals surface area (Å²) in [6.07, 6.45) is 1.47. The summed E-state index contributed by atoms with van der Waals surface area (Å²) in [6.45, 7) is 0. The average Bonchev–Trinajstić information content (AvgIpc) is 2.16. The number of benzene rings is 1. The SMILES string of the molecule is [O-][Cl+3]([O-])([O-])[O-].[OH+]=c1ccoc2ccccc12. The molecule has 0 aliphatic carbocycles. The molecule has 0 spiro atoms. The average molecular weight is 247 g/mol. The molecule has 2 aromatic rings. The van der Waals surface area contributed by atoms with E-state index >= 15 is 0 Å². The quantitative estimate of drug-likeness (QED) is 0.450. The topological polar surface area (TPSA) is 127 Å². The van der Waals surface area contributed by atoms with E-state index in [1.807, 2.05) is 24.3 Å². The second-order valence-corrected chi connectivity index (χ2v) is 3.44. The minimum Gasteiger partial charge on any atom is -0.464 e. The fourth-order valence-electron chi connectivity index (χ4n) is 1.04. The maximum Gasteiger partial charge on any atom is 0.354 e. The number of rotatable bonds is 0. The molecule has 0 saturated heterocycles. The van der Waals surface area contributed by atoms with Crippen LogP contribution >= 0.6 is 0 Å². The van der Waals surface area contributed by atoms with Crippen molar-refractivity contribution in [3.05, 3.63) is 42.0 Å². The maximum absolute atomic E-state index is 9.31. The Morgan fingerprint density at radius 2 is 1.56 bits per heavy atom. The van der Waals surface area contributed by atoms with Gasteiger partial charge >= 0.3 is 5.43 Å². The molecule has 0 aliphatic heterocycles. The predicted molar refractivity (Wildman–Crippen MR) is 41.3 cm³/mol. The molecule has 0 atom stereocenters. The summed E-state index contributed by atoms with van der Waals surface area (Å²) in [7, 11) is -4.94. The summed E-state index contributed by atoms with van der Waals surface area (Å²) in [5.41, 5.74) is 0.958. The van der Waals surface area contributed by atoms with Crippen molar-refractivity contribution in [2.75, 3.05) is 0 Å². The van der Waals surface area contributed by atoms with Crippen molar-refractivity contribution >= 4 is 11.0 Å². The Morgan fingerprint density at radius 3 is 2.12 bits per heavy atom. The van der Waals surface area contributed by atoms with Crippen LogP contribution in [0.15, 0.2) is 41.0 Å². The van der Waals surface area contributed by atoms with Crippen LogP contribution < -0.4 is 24.1 Å². The molecule has 7 heteroatoms. The predicted octanol–water partition coefficient (Wildman–Crippen LogP) is -3.32. The zero-order valence-corrected chi connectivity index (χ0v) is 8.59. The Hall–Kier alpha value is -1.44. The lowest BCUT2D eigenvalue weighted by atomic mass is 10.2. The van der Waals surface area contributed by atoms with E-state index in [4.69, 9.17) is 23.1 Å². The number of hydrogen-bond donors (Lipinski definition) is 0. The second-order valence-electron chi connectivity index (χ2n) is 2.68. The van der Waals surface area contributed by atoms with Gasteiger partial charge in [0.05, 0.1) is 6.07 Å². The van der Waals surface area contributed by atoms with Gasteiger partial charge in [0, 0.05) is 0 Å². The van der Waals surface area contributed by atoms with Gasteiger partial charge < -0.3 is 4.42 Å². The van der Waals surface area contributed by atoms with Gasteiger partial charge in [0.25, 0.3) is 0 Å². The lowest BCUT2D eigenvalue weighted by molar-refractivity contribution is -2.00. The van der Waals surface area contributed by atoms with Crippen LogP contribution in [0.1, 0.15) is 0 Å². The van der Waals surface area contributed by atoms with Gasteiger partial charge in [-0.2, -0.15) is 0 Å². The molecule has 6 nitrogen and oxygen atoms in total. The summed E-state index contributed by atoms with van der Waals surface area (Å²) in [5, 5.41) is 0.745. The third-order valence-corrected chi connectivity index (χ3v) is 1.58. The molecule has 1 N–H and O–H groups in total. The zero-order valence-electron chi connectivity index (χ0n) is 7.83. The molecule has 0 radical (unpaired) electrons. The van der Waals surface area contributed by atoms with E-state index in [1.165, 1.54) is 12.3 Å². The number of halogens is 1. The molecule has 16 heavy (non-hydrogen) atoms. The minimum absolute atomic E-state index is 0.256. The highest BCUT2D eigenvalue weighted by Crippen LogP contribution is 2.06. The van der Waals surface area contributed by atoms with Gasteiger partial charge in [0.1, 0.15) is 17.2 Å². The van der Waals surface area contributed by atoms with Crippen LogP contribution in [0, 0.1) is 10.2 Å². The first-order valence-electron chi connectivity index (χ1n) is 3.98. The first-order chi connectivity index (χ1) is 7.38. The molecule has 0 amide bonds. The number of para-hydroxylation sites is 1. The molecule has 0 unspecified atom stereocenters. The van der Waals surface area contributed by atoms with Crippen molar-refractivity contribution < 1.29 is 38.1 Å². The van der Waals surface area contributed by atoms with Crippen LogP contribution in [-0.2, 0) is 0 Å². The first-order valence-corrected chi connectivity index (χ1v) is 5.21. The Kier molecular flexibility index (Phi) is 3.99. The summed E-state index contributed by atoms with van der Waals surface area (Å²) in [4.78, 5) is 9.31. The van der Waals surface area contributed by atoms with Gasteiger partial charge in [-0.1, -0.05) is 12.1 Å². The van der Waals surface area contributed by atoms with Gasteiger partial charge in [0.15, 0.2) is 0 Å². The number of hydrogen-bond acceptors (Lipinski definition) is 5. The Morgan fingerprint density at radius 1 is 1.00 bits per heavy atom. The van der Waals surface area contributed by atoms with Crippen molar-refractivity contribution in [1.29, 1.82) is 0 Å². The van der Waals surface area contributed by atoms with E-state index in [-0.39, 0.29) is 5.43 Å². The Labute approximate surface area is 91.7 Å². The van der Waals surface area contributed by atoms with Gasteiger partial charge in [-0.15, -0.1) is 10.2 Å².